The highest BCUT2D eigenvalue weighted by Gasteiger charge is 2.19. The molecule has 1 aliphatic heterocycles. The van der Waals surface area contributed by atoms with E-state index in [0.717, 1.165) is 5.76 Å². The second-order valence-corrected chi connectivity index (χ2v) is 4.25. The standard InChI is InChI=1S/C13H17NO3/c1-10-3-4-12(17-10)5-6-13(15)14-7-8-16-11(2)9-14/h3-6,11H,7-9H2,1-2H3/b6-5+. The molecule has 2 heterocycles. The fraction of sp³-hybridized carbons (Fsp3) is 0.462. The van der Waals surface area contributed by atoms with E-state index in [1.165, 1.54) is 0 Å². The molecule has 0 saturated carbocycles. The van der Waals surface area contributed by atoms with Crippen LogP contribution in [0.4, 0.5) is 0 Å². The third kappa shape index (κ3) is 3.20. The Hall–Kier alpha value is -1.55. The van der Waals surface area contributed by atoms with E-state index in [2.05, 4.69) is 0 Å². The smallest absolute Gasteiger partial charge is 0.246 e. The van der Waals surface area contributed by atoms with Crippen molar-refractivity contribution in [1.82, 2.24) is 4.90 Å². The maximum atomic E-state index is 11.9. The summed E-state index contributed by atoms with van der Waals surface area (Å²) in [7, 11) is 0. The van der Waals surface area contributed by atoms with Gasteiger partial charge in [-0.25, -0.2) is 0 Å². The van der Waals surface area contributed by atoms with E-state index in [1.54, 1.807) is 17.1 Å². The fourth-order valence-electron chi connectivity index (χ4n) is 1.82. The monoisotopic (exact) mass is 235 g/mol. The number of amides is 1. The molecule has 1 aromatic rings. The highest BCUT2D eigenvalue weighted by molar-refractivity contribution is 5.91. The SMILES string of the molecule is Cc1ccc(/C=C/C(=O)N2CCOC(C)C2)o1. The number of ether oxygens (including phenoxy) is 1. The minimum Gasteiger partial charge on any atom is -0.462 e. The number of rotatable bonds is 2. The number of hydrogen-bond donors (Lipinski definition) is 0. The van der Waals surface area contributed by atoms with E-state index in [9.17, 15) is 4.79 Å². The zero-order valence-electron chi connectivity index (χ0n) is 10.2. The summed E-state index contributed by atoms with van der Waals surface area (Å²) in [5.74, 6) is 1.56. The number of carbonyl (C=O) groups is 1. The fourth-order valence-corrected chi connectivity index (χ4v) is 1.82. The zero-order valence-corrected chi connectivity index (χ0v) is 10.2. The average molecular weight is 235 g/mol. The summed E-state index contributed by atoms with van der Waals surface area (Å²) in [4.78, 5) is 13.7. The van der Waals surface area contributed by atoms with Gasteiger partial charge in [0.05, 0.1) is 12.7 Å². The summed E-state index contributed by atoms with van der Waals surface area (Å²) >= 11 is 0. The van der Waals surface area contributed by atoms with Gasteiger partial charge in [0.2, 0.25) is 5.91 Å². The predicted molar refractivity (Wildman–Crippen MR) is 64.5 cm³/mol. The van der Waals surface area contributed by atoms with Gasteiger partial charge >= 0.3 is 0 Å². The summed E-state index contributed by atoms with van der Waals surface area (Å²) in [6.45, 7) is 5.77. The van der Waals surface area contributed by atoms with Gasteiger partial charge in [0, 0.05) is 19.2 Å². The van der Waals surface area contributed by atoms with Crippen molar-refractivity contribution in [3.63, 3.8) is 0 Å². The van der Waals surface area contributed by atoms with E-state index in [0.29, 0.717) is 25.5 Å². The Morgan fingerprint density at radius 1 is 1.53 bits per heavy atom. The van der Waals surface area contributed by atoms with Gasteiger partial charge in [-0.2, -0.15) is 0 Å². The summed E-state index contributed by atoms with van der Waals surface area (Å²) in [5, 5.41) is 0. The molecule has 1 amide bonds. The molecule has 17 heavy (non-hydrogen) atoms. The molecule has 1 saturated heterocycles. The largest absolute Gasteiger partial charge is 0.462 e. The third-order valence-corrected chi connectivity index (χ3v) is 2.70. The van der Waals surface area contributed by atoms with Crippen LogP contribution < -0.4 is 0 Å². The van der Waals surface area contributed by atoms with Crippen LogP contribution in [0.15, 0.2) is 22.6 Å². The van der Waals surface area contributed by atoms with Gasteiger partial charge in [0.1, 0.15) is 11.5 Å². The second kappa shape index (κ2) is 5.19. The van der Waals surface area contributed by atoms with Gasteiger partial charge < -0.3 is 14.1 Å². The molecule has 1 unspecified atom stereocenters. The van der Waals surface area contributed by atoms with Crippen molar-refractivity contribution >= 4 is 12.0 Å². The normalized spacial score (nSPS) is 21.1. The van der Waals surface area contributed by atoms with Gasteiger partial charge in [-0.15, -0.1) is 0 Å². The van der Waals surface area contributed by atoms with Gasteiger partial charge in [-0.1, -0.05) is 0 Å². The van der Waals surface area contributed by atoms with Crippen LogP contribution in [0, 0.1) is 6.92 Å². The van der Waals surface area contributed by atoms with Crippen molar-refractivity contribution < 1.29 is 13.9 Å². The molecule has 4 nitrogen and oxygen atoms in total. The van der Waals surface area contributed by atoms with Crippen LogP contribution in [0.5, 0.6) is 0 Å². The number of furan rings is 1. The molecule has 1 fully saturated rings. The lowest BCUT2D eigenvalue weighted by Crippen LogP contribution is -2.43. The Bertz CT molecular complexity index is 422. The van der Waals surface area contributed by atoms with Crippen LogP contribution in [-0.4, -0.2) is 36.6 Å². The first-order valence-electron chi connectivity index (χ1n) is 5.80. The molecule has 4 heteroatoms. The summed E-state index contributed by atoms with van der Waals surface area (Å²) in [6, 6.07) is 3.72. The highest BCUT2D eigenvalue weighted by atomic mass is 16.5. The lowest BCUT2D eigenvalue weighted by Gasteiger charge is -2.30. The van der Waals surface area contributed by atoms with Crippen molar-refractivity contribution in [2.24, 2.45) is 0 Å². The van der Waals surface area contributed by atoms with Gasteiger partial charge in [-0.05, 0) is 32.1 Å². The number of morpholine rings is 1. The first-order valence-corrected chi connectivity index (χ1v) is 5.80. The highest BCUT2D eigenvalue weighted by Crippen LogP contribution is 2.09. The number of nitrogens with zero attached hydrogens (tertiary/aromatic N) is 1. The minimum absolute atomic E-state index is 0.00852. The van der Waals surface area contributed by atoms with Crippen LogP contribution in [0.1, 0.15) is 18.4 Å². The topological polar surface area (TPSA) is 42.7 Å². The maximum absolute atomic E-state index is 11.9. The third-order valence-electron chi connectivity index (χ3n) is 2.70. The molecule has 0 bridgehead atoms. The van der Waals surface area contributed by atoms with E-state index in [-0.39, 0.29) is 12.0 Å². The summed E-state index contributed by atoms with van der Waals surface area (Å²) < 4.78 is 10.7. The predicted octanol–water partition coefficient (Wildman–Crippen LogP) is 1.85. The Labute approximate surface area is 101 Å². The van der Waals surface area contributed by atoms with Gasteiger partial charge in [0.25, 0.3) is 0 Å². The first-order chi connectivity index (χ1) is 8.15. The zero-order chi connectivity index (χ0) is 12.3. The number of aryl methyl sites for hydroxylation is 1. The Morgan fingerprint density at radius 2 is 2.35 bits per heavy atom. The molecule has 92 valence electrons. The molecular formula is C13H17NO3. The maximum Gasteiger partial charge on any atom is 0.246 e. The van der Waals surface area contributed by atoms with Crippen molar-refractivity contribution in [2.75, 3.05) is 19.7 Å². The van der Waals surface area contributed by atoms with Crippen LogP contribution >= 0.6 is 0 Å². The summed E-state index contributed by atoms with van der Waals surface area (Å²) in [5.41, 5.74) is 0. The molecule has 0 spiro atoms. The summed E-state index contributed by atoms with van der Waals surface area (Å²) in [6.07, 6.45) is 3.37. The van der Waals surface area contributed by atoms with Crippen molar-refractivity contribution in [3.05, 3.63) is 29.7 Å². The first kappa shape index (κ1) is 11.9. The molecule has 2 rings (SSSR count). The van der Waals surface area contributed by atoms with Crippen LogP contribution in [-0.2, 0) is 9.53 Å². The van der Waals surface area contributed by atoms with Crippen molar-refractivity contribution in [2.45, 2.75) is 20.0 Å². The van der Waals surface area contributed by atoms with Crippen LogP contribution in [0.3, 0.4) is 0 Å². The average Bonchev–Trinajstić information content (AvgIpc) is 2.72. The van der Waals surface area contributed by atoms with E-state index in [4.69, 9.17) is 9.15 Å². The molecule has 1 aromatic heterocycles. The molecule has 0 aromatic carbocycles. The molecule has 1 atom stereocenters. The van der Waals surface area contributed by atoms with Crippen LogP contribution in [0.25, 0.3) is 6.08 Å². The minimum atomic E-state index is 0.00852. The van der Waals surface area contributed by atoms with E-state index >= 15 is 0 Å². The second-order valence-electron chi connectivity index (χ2n) is 4.25. The Morgan fingerprint density at radius 3 is 3.00 bits per heavy atom. The lowest BCUT2D eigenvalue weighted by atomic mass is 10.3. The number of carbonyl (C=O) groups excluding carboxylic acids is 1. The van der Waals surface area contributed by atoms with E-state index in [1.807, 2.05) is 26.0 Å². The molecule has 0 aliphatic carbocycles. The molecular weight excluding hydrogens is 218 g/mol. The quantitative estimate of drug-likeness (QED) is 0.735. The van der Waals surface area contributed by atoms with Crippen molar-refractivity contribution in [1.29, 1.82) is 0 Å². The van der Waals surface area contributed by atoms with Crippen molar-refractivity contribution in [3.8, 4) is 0 Å². The number of hydrogen-bond acceptors (Lipinski definition) is 3. The van der Waals surface area contributed by atoms with Gasteiger partial charge in [-0.3, -0.25) is 4.79 Å². The molecule has 1 aliphatic rings. The lowest BCUT2D eigenvalue weighted by molar-refractivity contribution is -0.132. The van der Waals surface area contributed by atoms with Gasteiger partial charge in [0.15, 0.2) is 0 Å². The van der Waals surface area contributed by atoms with E-state index < -0.39 is 0 Å². The Balaban J connectivity index is 1.94. The molecule has 0 radical (unpaired) electrons. The Kier molecular flexibility index (Phi) is 3.64. The molecule has 0 N–H and O–H groups in total. The van der Waals surface area contributed by atoms with Crippen LogP contribution in [0.2, 0.25) is 0 Å².